The molecule has 1 amide bonds. The molecule has 0 fully saturated rings. The number of amides is 1. The minimum Gasteiger partial charge on any atom is -0.445 e. The number of carbonyl (C=O) groups excluding carboxylic acids is 2. The number of carbonyl (C=O) groups is 2. The molecular formula is C16H19NO3. The fourth-order valence-corrected chi connectivity index (χ4v) is 1.55. The van der Waals surface area contributed by atoms with Gasteiger partial charge in [-0.25, -0.2) is 4.79 Å². The normalized spacial score (nSPS) is 10.9. The van der Waals surface area contributed by atoms with E-state index in [0.29, 0.717) is 12.8 Å². The Morgan fingerprint density at radius 2 is 2.00 bits per heavy atom. The van der Waals surface area contributed by atoms with E-state index in [-0.39, 0.29) is 12.4 Å². The zero-order valence-electron chi connectivity index (χ0n) is 11.8. The third-order valence-corrected chi connectivity index (χ3v) is 2.70. The van der Waals surface area contributed by atoms with Crippen LogP contribution in [0.15, 0.2) is 30.3 Å². The van der Waals surface area contributed by atoms with Crippen molar-refractivity contribution in [1.29, 1.82) is 0 Å². The van der Waals surface area contributed by atoms with Gasteiger partial charge in [0.15, 0.2) is 5.78 Å². The van der Waals surface area contributed by atoms with Crippen molar-refractivity contribution < 1.29 is 14.3 Å². The summed E-state index contributed by atoms with van der Waals surface area (Å²) in [7, 11) is 0. The number of ketones is 1. The maximum atomic E-state index is 11.7. The van der Waals surface area contributed by atoms with Crippen molar-refractivity contribution in [2.45, 2.75) is 39.3 Å². The fourth-order valence-electron chi connectivity index (χ4n) is 1.55. The van der Waals surface area contributed by atoms with Crippen molar-refractivity contribution in [2.24, 2.45) is 0 Å². The molecule has 0 saturated carbocycles. The predicted molar refractivity (Wildman–Crippen MR) is 76.9 cm³/mol. The van der Waals surface area contributed by atoms with Gasteiger partial charge in [-0.3, -0.25) is 4.79 Å². The van der Waals surface area contributed by atoms with Crippen molar-refractivity contribution in [1.82, 2.24) is 5.32 Å². The average molecular weight is 273 g/mol. The molecule has 4 nitrogen and oxygen atoms in total. The number of alkyl carbamates (subject to hydrolysis) is 1. The predicted octanol–water partition coefficient (Wildman–Crippen LogP) is 2.67. The lowest BCUT2D eigenvalue weighted by atomic mass is 10.1. The molecule has 0 spiro atoms. The molecule has 1 aromatic carbocycles. The summed E-state index contributed by atoms with van der Waals surface area (Å²) in [4.78, 5) is 23.2. The molecule has 0 aliphatic rings. The highest BCUT2D eigenvalue weighted by Gasteiger charge is 2.15. The van der Waals surface area contributed by atoms with Gasteiger partial charge in [-0.1, -0.05) is 30.3 Å². The van der Waals surface area contributed by atoms with E-state index in [1.807, 2.05) is 30.3 Å². The highest BCUT2D eigenvalue weighted by Crippen LogP contribution is 2.01. The Bertz CT molecular complexity index is 499. The molecule has 0 aliphatic heterocycles. The average Bonchev–Trinajstić information content (AvgIpc) is 2.46. The number of Topliss-reactive ketones (excluding diaryl/α,β-unsaturated/α-hetero) is 1. The molecule has 106 valence electrons. The first-order valence-electron chi connectivity index (χ1n) is 6.53. The van der Waals surface area contributed by atoms with E-state index in [0.717, 1.165) is 5.56 Å². The summed E-state index contributed by atoms with van der Waals surface area (Å²) in [5.74, 6) is 5.49. The molecule has 1 rings (SSSR count). The van der Waals surface area contributed by atoms with Gasteiger partial charge in [0, 0.05) is 12.8 Å². The minimum atomic E-state index is -0.587. The molecule has 1 aromatic rings. The SMILES string of the molecule is CC#CCCC(=O)C(C)NC(=O)OCc1ccccc1. The Morgan fingerprint density at radius 3 is 2.65 bits per heavy atom. The smallest absolute Gasteiger partial charge is 0.408 e. The third kappa shape index (κ3) is 6.05. The van der Waals surface area contributed by atoms with Crippen LogP contribution in [0.3, 0.4) is 0 Å². The first-order chi connectivity index (χ1) is 9.63. The first kappa shape index (κ1) is 15.8. The lowest BCUT2D eigenvalue weighted by Crippen LogP contribution is -2.38. The second kappa shape index (κ2) is 8.76. The van der Waals surface area contributed by atoms with Crippen LogP contribution < -0.4 is 5.32 Å². The highest BCUT2D eigenvalue weighted by atomic mass is 16.5. The van der Waals surface area contributed by atoms with Crippen LogP contribution in [0.25, 0.3) is 0 Å². The fraction of sp³-hybridized carbons (Fsp3) is 0.375. The van der Waals surface area contributed by atoms with Gasteiger partial charge in [0.25, 0.3) is 0 Å². The maximum absolute atomic E-state index is 11.7. The van der Waals surface area contributed by atoms with Gasteiger partial charge in [-0.2, -0.15) is 0 Å². The second-order valence-electron chi connectivity index (χ2n) is 4.32. The maximum Gasteiger partial charge on any atom is 0.408 e. The number of nitrogens with one attached hydrogen (secondary N) is 1. The summed E-state index contributed by atoms with van der Waals surface area (Å²) < 4.78 is 5.04. The van der Waals surface area contributed by atoms with Gasteiger partial charge in [0.2, 0.25) is 0 Å². The van der Waals surface area contributed by atoms with E-state index >= 15 is 0 Å². The van der Waals surface area contributed by atoms with Crippen LogP contribution >= 0.6 is 0 Å². The molecule has 4 heteroatoms. The number of benzene rings is 1. The molecular weight excluding hydrogens is 254 g/mol. The Kier molecular flexibility index (Phi) is 6.91. The molecule has 1 atom stereocenters. The Hall–Kier alpha value is -2.28. The van der Waals surface area contributed by atoms with Crippen molar-refractivity contribution in [3.05, 3.63) is 35.9 Å². The number of hydrogen-bond acceptors (Lipinski definition) is 3. The molecule has 1 unspecified atom stereocenters. The molecule has 0 heterocycles. The molecule has 1 N–H and O–H groups in total. The van der Waals surface area contributed by atoms with Crippen LogP contribution in [0, 0.1) is 11.8 Å². The van der Waals surface area contributed by atoms with Gasteiger partial charge in [0.05, 0.1) is 6.04 Å². The summed E-state index contributed by atoms with van der Waals surface area (Å²) >= 11 is 0. The van der Waals surface area contributed by atoms with Crippen LogP contribution in [0.2, 0.25) is 0 Å². The molecule has 0 saturated heterocycles. The monoisotopic (exact) mass is 273 g/mol. The third-order valence-electron chi connectivity index (χ3n) is 2.70. The van der Waals surface area contributed by atoms with Crippen molar-refractivity contribution >= 4 is 11.9 Å². The molecule has 0 radical (unpaired) electrons. The first-order valence-corrected chi connectivity index (χ1v) is 6.53. The van der Waals surface area contributed by atoms with Crippen molar-refractivity contribution in [2.75, 3.05) is 0 Å². The van der Waals surface area contributed by atoms with Gasteiger partial charge < -0.3 is 10.1 Å². The van der Waals surface area contributed by atoms with Crippen LogP contribution in [0.4, 0.5) is 4.79 Å². The van der Waals surface area contributed by atoms with Crippen LogP contribution in [0.1, 0.15) is 32.3 Å². The Balaban J connectivity index is 2.30. The molecule has 20 heavy (non-hydrogen) atoms. The van der Waals surface area contributed by atoms with Crippen LogP contribution in [-0.4, -0.2) is 17.9 Å². The minimum absolute atomic E-state index is 0.0515. The van der Waals surface area contributed by atoms with E-state index in [2.05, 4.69) is 17.2 Å². The van der Waals surface area contributed by atoms with E-state index in [4.69, 9.17) is 4.74 Å². The summed E-state index contributed by atoms with van der Waals surface area (Å²) in [6.45, 7) is 3.56. The number of hydrogen-bond donors (Lipinski definition) is 1. The molecule has 0 aromatic heterocycles. The van der Waals surface area contributed by atoms with E-state index in [9.17, 15) is 9.59 Å². The topological polar surface area (TPSA) is 55.4 Å². The van der Waals surface area contributed by atoms with Crippen LogP contribution in [-0.2, 0) is 16.1 Å². The van der Waals surface area contributed by atoms with Gasteiger partial charge in [0.1, 0.15) is 6.61 Å². The van der Waals surface area contributed by atoms with Crippen molar-refractivity contribution in [3.8, 4) is 11.8 Å². The Morgan fingerprint density at radius 1 is 1.30 bits per heavy atom. The number of ether oxygens (including phenoxy) is 1. The van der Waals surface area contributed by atoms with Gasteiger partial charge in [-0.15, -0.1) is 11.8 Å². The van der Waals surface area contributed by atoms with Crippen LogP contribution in [0.5, 0.6) is 0 Å². The molecule has 0 aliphatic carbocycles. The lowest BCUT2D eigenvalue weighted by Gasteiger charge is -2.12. The summed E-state index contributed by atoms with van der Waals surface area (Å²) in [5.41, 5.74) is 0.903. The number of rotatable bonds is 6. The summed E-state index contributed by atoms with van der Waals surface area (Å²) in [6.07, 6.45) is 0.262. The van der Waals surface area contributed by atoms with Gasteiger partial charge >= 0.3 is 6.09 Å². The van der Waals surface area contributed by atoms with E-state index < -0.39 is 12.1 Å². The van der Waals surface area contributed by atoms with Crippen molar-refractivity contribution in [3.63, 3.8) is 0 Å². The molecule has 0 bridgehead atoms. The lowest BCUT2D eigenvalue weighted by molar-refractivity contribution is -0.120. The quantitative estimate of drug-likeness (QED) is 0.811. The zero-order valence-corrected chi connectivity index (χ0v) is 11.8. The zero-order chi connectivity index (χ0) is 14.8. The standard InChI is InChI=1S/C16H19NO3/c1-3-4-6-11-15(18)13(2)17-16(19)20-12-14-9-7-5-8-10-14/h5,7-10,13H,6,11-12H2,1-2H3,(H,17,19). The summed E-state index contributed by atoms with van der Waals surface area (Å²) in [5, 5.41) is 2.52. The highest BCUT2D eigenvalue weighted by molar-refractivity contribution is 5.87. The van der Waals surface area contributed by atoms with E-state index in [1.54, 1.807) is 13.8 Å². The van der Waals surface area contributed by atoms with Gasteiger partial charge in [-0.05, 0) is 19.4 Å². The second-order valence-corrected chi connectivity index (χ2v) is 4.32. The Labute approximate surface area is 119 Å². The summed E-state index contributed by atoms with van der Waals surface area (Å²) in [6, 6.07) is 8.81. The largest absolute Gasteiger partial charge is 0.445 e. The van der Waals surface area contributed by atoms with E-state index in [1.165, 1.54) is 0 Å².